The highest BCUT2D eigenvalue weighted by Crippen LogP contribution is 2.36. The molecule has 1 atom stereocenters. The van der Waals surface area contributed by atoms with E-state index in [0.29, 0.717) is 5.00 Å². The molecule has 0 saturated heterocycles. The summed E-state index contributed by atoms with van der Waals surface area (Å²) >= 11 is 1.27. The van der Waals surface area contributed by atoms with Gasteiger partial charge in [0.1, 0.15) is 5.00 Å². The molecular weight excluding hydrogens is 354 g/mol. The maximum atomic E-state index is 12.2. The van der Waals surface area contributed by atoms with E-state index in [9.17, 15) is 14.4 Å². The second-order valence-electron chi connectivity index (χ2n) is 5.41. The summed E-state index contributed by atoms with van der Waals surface area (Å²) in [4.78, 5) is 35.5. The molecule has 7 heteroatoms. The van der Waals surface area contributed by atoms with E-state index < -0.39 is 17.8 Å². The Morgan fingerprint density at radius 3 is 2.54 bits per heavy atom. The van der Waals surface area contributed by atoms with E-state index in [1.54, 1.807) is 13.0 Å². The van der Waals surface area contributed by atoms with Crippen molar-refractivity contribution in [2.75, 3.05) is 11.9 Å². The van der Waals surface area contributed by atoms with Gasteiger partial charge in [0.2, 0.25) is 5.91 Å². The van der Waals surface area contributed by atoms with Crippen molar-refractivity contribution >= 4 is 34.2 Å². The SMILES string of the molecule is CCOC(=O)c1cc([C@@H](C)c2ccccc2)sc1NC(=O)/C=C/C(=O)O. The number of carboxylic acid groups (broad SMARTS) is 1. The molecule has 136 valence electrons. The highest BCUT2D eigenvalue weighted by molar-refractivity contribution is 7.16. The summed E-state index contributed by atoms with van der Waals surface area (Å²) in [5.74, 6) is -2.36. The van der Waals surface area contributed by atoms with Gasteiger partial charge in [0.05, 0.1) is 12.2 Å². The van der Waals surface area contributed by atoms with E-state index in [2.05, 4.69) is 5.32 Å². The maximum absolute atomic E-state index is 12.2. The van der Waals surface area contributed by atoms with Crippen LogP contribution in [0.25, 0.3) is 0 Å². The van der Waals surface area contributed by atoms with E-state index in [4.69, 9.17) is 9.84 Å². The van der Waals surface area contributed by atoms with Gasteiger partial charge in [-0.1, -0.05) is 37.3 Å². The molecule has 1 amide bonds. The molecule has 0 spiro atoms. The fourth-order valence-electron chi connectivity index (χ4n) is 2.28. The molecule has 0 bridgehead atoms. The topological polar surface area (TPSA) is 92.7 Å². The second kappa shape index (κ2) is 8.96. The van der Waals surface area contributed by atoms with E-state index >= 15 is 0 Å². The van der Waals surface area contributed by atoms with Crippen LogP contribution >= 0.6 is 11.3 Å². The lowest BCUT2D eigenvalue weighted by Gasteiger charge is -2.08. The number of amides is 1. The molecule has 26 heavy (non-hydrogen) atoms. The average Bonchev–Trinajstić information content (AvgIpc) is 3.04. The van der Waals surface area contributed by atoms with E-state index in [0.717, 1.165) is 22.6 Å². The molecule has 2 N–H and O–H groups in total. The van der Waals surface area contributed by atoms with Gasteiger partial charge in [-0.25, -0.2) is 9.59 Å². The van der Waals surface area contributed by atoms with E-state index in [1.807, 2.05) is 37.3 Å². The first-order valence-electron chi connectivity index (χ1n) is 8.00. The minimum Gasteiger partial charge on any atom is -0.478 e. The summed E-state index contributed by atoms with van der Waals surface area (Å²) in [5.41, 5.74) is 1.33. The van der Waals surface area contributed by atoms with Gasteiger partial charge in [-0.2, -0.15) is 0 Å². The third kappa shape index (κ3) is 5.03. The van der Waals surface area contributed by atoms with Crippen LogP contribution in [0.5, 0.6) is 0 Å². The Kier molecular flexibility index (Phi) is 6.68. The number of carboxylic acids is 1. The van der Waals surface area contributed by atoms with Crippen molar-refractivity contribution in [3.05, 3.63) is 64.6 Å². The number of esters is 1. The highest BCUT2D eigenvalue weighted by Gasteiger charge is 2.21. The third-order valence-corrected chi connectivity index (χ3v) is 4.82. The molecule has 1 heterocycles. The Labute approximate surface area is 155 Å². The predicted octanol–water partition coefficient (Wildman–Crippen LogP) is 3.66. The van der Waals surface area contributed by atoms with Crippen LogP contribution in [0.1, 0.15) is 40.6 Å². The van der Waals surface area contributed by atoms with Crippen LogP contribution in [0.15, 0.2) is 48.6 Å². The first-order valence-corrected chi connectivity index (χ1v) is 8.81. The average molecular weight is 373 g/mol. The molecular formula is C19H19NO5S. The number of anilines is 1. The van der Waals surface area contributed by atoms with Crippen LogP contribution < -0.4 is 5.32 Å². The quantitative estimate of drug-likeness (QED) is 0.571. The fourth-order valence-corrected chi connectivity index (χ4v) is 3.41. The minimum atomic E-state index is -1.23. The minimum absolute atomic E-state index is 0.0228. The van der Waals surface area contributed by atoms with Gasteiger partial charge in [0.25, 0.3) is 0 Å². The summed E-state index contributed by atoms with van der Waals surface area (Å²) in [6.45, 7) is 3.92. The van der Waals surface area contributed by atoms with Gasteiger partial charge in [-0.05, 0) is 18.6 Å². The summed E-state index contributed by atoms with van der Waals surface area (Å²) in [6.07, 6.45) is 1.64. The lowest BCUT2D eigenvalue weighted by atomic mass is 9.99. The van der Waals surface area contributed by atoms with Crippen molar-refractivity contribution in [1.29, 1.82) is 0 Å². The van der Waals surface area contributed by atoms with Gasteiger partial charge >= 0.3 is 11.9 Å². The molecule has 1 aromatic heterocycles. The molecule has 0 aliphatic carbocycles. The third-order valence-electron chi connectivity index (χ3n) is 3.59. The molecule has 0 radical (unpaired) electrons. The lowest BCUT2D eigenvalue weighted by Crippen LogP contribution is -2.12. The van der Waals surface area contributed by atoms with Gasteiger partial charge in [0, 0.05) is 22.9 Å². The molecule has 2 rings (SSSR count). The zero-order valence-electron chi connectivity index (χ0n) is 14.4. The Bertz CT molecular complexity index is 826. The number of nitrogens with one attached hydrogen (secondary N) is 1. The number of carbonyl (C=O) groups is 3. The molecule has 0 aliphatic heterocycles. The van der Waals surface area contributed by atoms with E-state index in [1.165, 1.54) is 11.3 Å². The van der Waals surface area contributed by atoms with E-state index in [-0.39, 0.29) is 18.1 Å². The number of aliphatic carboxylic acids is 1. The van der Waals surface area contributed by atoms with Gasteiger partial charge in [0.15, 0.2) is 0 Å². The normalized spacial score (nSPS) is 11.9. The van der Waals surface area contributed by atoms with Crippen LogP contribution in [0, 0.1) is 0 Å². The number of hydrogen-bond acceptors (Lipinski definition) is 5. The smallest absolute Gasteiger partial charge is 0.341 e. The largest absolute Gasteiger partial charge is 0.478 e. The van der Waals surface area contributed by atoms with Crippen LogP contribution in [-0.4, -0.2) is 29.6 Å². The summed E-state index contributed by atoms with van der Waals surface area (Å²) in [6, 6.07) is 11.5. The monoisotopic (exact) mass is 373 g/mol. The van der Waals surface area contributed by atoms with Crippen molar-refractivity contribution in [2.24, 2.45) is 0 Å². The number of hydrogen-bond donors (Lipinski definition) is 2. The van der Waals surface area contributed by atoms with Crippen molar-refractivity contribution in [3.63, 3.8) is 0 Å². The van der Waals surface area contributed by atoms with Crippen LogP contribution in [-0.2, 0) is 14.3 Å². The lowest BCUT2D eigenvalue weighted by molar-refractivity contribution is -0.131. The van der Waals surface area contributed by atoms with Crippen LogP contribution in [0.2, 0.25) is 0 Å². The number of rotatable bonds is 7. The second-order valence-corrected chi connectivity index (χ2v) is 6.49. The number of ether oxygens (including phenoxy) is 1. The molecule has 0 fully saturated rings. The molecule has 1 aromatic carbocycles. The van der Waals surface area contributed by atoms with Crippen molar-refractivity contribution in [2.45, 2.75) is 19.8 Å². The summed E-state index contributed by atoms with van der Waals surface area (Å²) in [7, 11) is 0. The molecule has 0 aliphatic rings. The fraction of sp³-hybridized carbons (Fsp3) is 0.211. The zero-order valence-corrected chi connectivity index (χ0v) is 15.2. The van der Waals surface area contributed by atoms with Gasteiger partial charge in [-0.3, -0.25) is 4.79 Å². The summed E-state index contributed by atoms with van der Waals surface area (Å²) < 4.78 is 5.05. The Morgan fingerprint density at radius 1 is 1.23 bits per heavy atom. The molecule has 0 saturated carbocycles. The van der Waals surface area contributed by atoms with Crippen molar-refractivity contribution in [3.8, 4) is 0 Å². The number of carbonyl (C=O) groups excluding carboxylic acids is 2. The Balaban J connectivity index is 2.33. The Hall–Kier alpha value is -2.93. The zero-order chi connectivity index (χ0) is 19.1. The first kappa shape index (κ1) is 19.4. The molecule has 0 unspecified atom stereocenters. The van der Waals surface area contributed by atoms with Gasteiger partial charge < -0.3 is 15.2 Å². The first-order chi connectivity index (χ1) is 12.4. The molecule has 6 nitrogen and oxygen atoms in total. The van der Waals surface area contributed by atoms with Crippen molar-refractivity contribution < 1.29 is 24.2 Å². The maximum Gasteiger partial charge on any atom is 0.341 e. The standard InChI is InChI=1S/C19H19NO5S/c1-3-25-19(24)14-11-15(12(2)13-7-5-4-6-8-13)26-18(14)20-16(21)9-10-17(22)23/h4-12H,3H2,1-2H3,(H,20,21)(H,22,23)/b10-9+/t12-/m0/s1. The van der Waals surface area contributed by atoms with Gasteiger partial charge in [-0.15, -0.1) is 11.3 Å². The highest BCUT2D eigenvalue weighted by atomic mass is 32.1. The number of benzene rings is 1. The molecule has 2 aromatic rings. The van der Waals surface area contributed by atoms with Crippen LogP contribution in [0.3, 0.4) is 0 Å². The Morgan fingerprint density at radius 2 is 1.92 bits per heavy atom. The van der Waals surface area contributed by atoms with Crippen LogP contribution in [0.4, 0.5) is 5.00 Å². The summed E-state index contributed by atoms with van der Waals surface area (Å²) in [5, 5.41) is 11.5. The predicted molar refractivity (Wildman–Crippen MR) is 99.6 cm³/mol. The number of thiophene rings is 1. The van der Waals surface area contributed by atoms with Crippen molar-refractivity contribution in [1.82, 2.24) is 0 Å².